The first-order chi connectivity index (χ1) is 10.5. The van der Waals surface area contributed by atoms with Crippen LogP contribution in [-0.2, 0) is 18.7 Å². The minimum absolute atomic E-state index is 0.105. The number of rotatable bonds is 7. The molecule has 0 saturated carbocycles. The molecule has 0 aromatic rings. The fraction of sp³-hybridized carbons (Fsp3) is 0.933. The fourth-order valence-corrected chi connectivity index (χ4v) is 6.68. The Labute approximate surface area is 139 Å². The largest absolute Gasteiger partial charge is 0.464 e. The average Bonchev–Trinajstić information content (AvgIpc) is 2.46. The van der Waals surface area contributed by atoms with Gasteiger partial charge in [0.15, 0.2) is 0 Å². The van der Waals surface area contributed by atoms with Crippen molar-refractivity contribution in [3.63, 3.8) is 0 Å². The molecule has 0 aromatic carbocycles. The maximum Gasteiger partial charge on any atom is 0.323 e. The van der Waals surface area contributed by atoms with Gasteiger partial charge in [0.1, 0.15) is 12.6 Å². The van der Waals surface area contributed by atoms with Gasteiger partial charge in [-0.1, -0.05) is 27.7 Å². The number of nitrogens with one attached hydrogen (secondary N) is 1. The van der Waals surface area contributed by atoms with Gasteiger partial charge in [0.2, 0.25) is 0 Å². The van der Waals surface area contributed by atoms with Crippen LogP contribution in [0.4, 0.5) is 0 Å². The van der Waals surface area contributed by atoms with Crippen molar-refractivity contribution in [3.05, 3.63) is 0 Å². The summed E-state index contributed by atoms with van der Waals surface area (Å²) < 4.78 is 30.0. The summed E-state index contributed by atoms with van der Waals surface area (Å²) in [6.45, 7) is 8.88. The second kappa shape index (κ2) is 8.29. The maximum absolute atomic E-state index is 12.9. The Balaban J connectivity index is 2.49. The van der Waals surface area contributed by atoms with E-state index in [1.165, 1.54) is 6.92 Å². The van der Waals surface area contributed by atoms with E-state index in [0.29, 0.717) is 5.92 Å². The first-order valence-electron chi connectivity index (χ1n) is 8.32. The lowest BCUT2D eigenvalue weighted by Crippen LogP contribution is -2.36. The molecule has 1 fully saturated rings. The van der Waals surface area contributed by atoms with Crippen molar-refractivity contribution in [2.45, 2.75) is 64.8 Å². The first-order valence-corrected chi connectivity index (χ1v) is 12.2. The van der Waals surface area contributed by atoms with E-state index in [0.717, 1.165) is 25.2 Å². The molecule has 0 aliphatic carbocycles. The van der Waals surface area contributed by atoms with Crippen LogP contribution in [0.3, 0.4) is 0 Å². The van der Waals surface area contributed by atoms with Crippen LogP contribution in [0.5, 0.6) is 0 Å². The van der Waals surface area contributed by atoms with E-state index in [4.69, 9.17) is 4.74 Å². The number of esters is 1. The van der Waals surface area contributed by atoms with Crippen LogP contribution in [-0.4, -0.2) is 47.2 Å². The molecule has 0 amide bonds. The lowest BCUT2D eigenvalue weighted by atomic mass is 10.1. The highest BCUT2D eigenvalue weighted by Crippen LogP contribution is 2.55. The molecule has 0 bridgehead atoms. The van der Waals surface area contributed by atoms with Crippen LogP contribution in [0, 0.1) is 5.92 Å². The van der Waals surface area contributed by atoms with Crippen molar-refractivity contribution in [2.75, 3.05) is 18.9 Å². The van der Waals surface area contributed by atoms with Gasteiger partial charge in [0, 0.05) is 23.6 Å². The molecule has 0 aromatic heterocycles. The Kier molecular flexibility index (Phi) is 7.53. The van der Waals surface area contributed by atoms with Crippen molar-refractivity contribution >= 4 is 20.6 Å². The lowest BCUT2D eigenvalue weighted by Gasteiger charge is -2.31. The molecule has 1 aliphatic heterocycles. The molecule has 2 unspecified atom stereocenters. The second-order valence-corrected chi connectivity index (χ2v) is 13.3. The van der Waals surface area contributed by atoms with Gasteiger partial charge in [-0.3, -0.25) is 9.36 Å². The zero-order chi connectivity index (χ0) is 17.8. The SMILES string of the molecule is CC1CCP(=O)(C(C)COC(=O)[C@H](C)NP(=O)(O)C(C)C)CC1. The molecule has 136 valence electrons. The number of carbonyl (C=O) groups is 1. The Morgan fingerprint density at radius 2 is 1.83 bits per heavy atom. The summed E-state index contributed by atoms with van der Waals surface area (Å²) in [7, 11) is -5.86. The van der Waals surface area contributed by atoms with E-state index in [2.05, 4.69) is 12.0 Å². The molecular weight excluding hydrogens is 336 g/mol. The highest BCUT2D eigenvalue weighted by molar-refractivity contribution is 7.64. The molecule has 0 spiro atoms. The molecule has 0 radical (unpaired) electrons. The molecule has 6 nitrogen and oxygen atoms in total. The monoisotopic (exact) mass is 367 g/mol. The minimum Gasteiger partial charge on any atom is -0.464 e. The topological polar surface area (TPSA) is 92.7 Å². The van der Waals surface area contributed by atoms with Crippen LogP contribution >= 0.6 is 14.7 Å². The van der Waals surface area contributed by atoms with E-state index in [9.17, 15) is 18.8 Å². The summed E-state index contributed by atoms with van der Waals surface area (Å²) >= 11 is 0. The maximum atomic E-state index is 12.9. The smallest absolute Gasteiger partial charge is 0.323 e. The minimum atomic E-state index is -3.57. The molecule has 8 heteroatoms. The Morgan fingerprint density at radius 1 is 1.30 bits per heavy atom. The van der Waals surface area contributed by atoms with Gasteiger partial charge in [0.05, 0.1) is 7.14 Å². The van der Waals surface area contributed by atoms with Crippen LogP contribution in [0.1, 0.15) is 47.5 Å². The predicted octanol–water partition coefficient (Wildman–Crippen LogP) is 3.28. The second-order valence-electron chi connectivity index (χ2n) is 7.13. The zero-order valence-electron chi connectivity index (χ0n) is 14.8. The highest BCUT2D eigenvalue weighted by Gasteiger charge is 2.35. The van der Waals surface area contributed by atoms with Gasteiger partial charge in [-0.05, 0) is 25.7 Å². The molecule has 1 heterocycles. The normalized spacial score (nSPS) is 30.5. The van der Waals surface area contributed by atoms with E-state index in [1.54, 1.807) is 13.8 Å². The number of hydrogen-bond donors (Lipinski definition) is 2. The first kappa shape index (κ1) is 20.9. The standard InChI is InChI=1S/C15H31NO5P2/c1-11(2)23(19,20)16-14(5)15(17)21-10-13(4)22(18)8-6-12(3)7-9-22/h11-14H,6-10H2,1-5H3,(H2,16,19,20)/t12?,13?,14-,22?/m0/s1. The third-order valence-corrected chi connectivity index (χ3v) is 10.6. The highest BCUT2D eigenvalue weighted by atomic mass is 31.2. The summed E-state index contributed by atoms with van der Waals surface area (Å²) in [6.07, 6.45) is 3.38. The van der Waals surface area contributed by atoms with Gasteiger partial charge >= 0.3 is 5.97 Å². The van der Waals surface area contributed by atoms with Gasteiger partial charge in [0.25, 0.3) is 7.52 Å². The Hall–Kier alpha value is -0.150. The molecule has 1 saturated heterocycles. The molecule has 2 N–H and O–H groups in total. The number of carbonyl (C=O) groups excluding carboxylic acids is 1. The van der Waals surface area contributed by atoms with Crippen molar-refractivity contribution in [1.82, 2.24) is 5.09 Å². The Bertz CT molecular complexity index is 496. The predicted molar refractivity (Wildman–Crippen MR) is 93.7 cm³/mol. The quantitative estimate of drug-likeness (QED) is 0.530. The molecule has 1 rings (SSSR count). The summed E-state index contributed by atoms with van der Waals surface area (Å²) in [5, 5.41) is 2.44. The third kappa shape index (κ3) is 6.01. The van der Waals surface area contributed by atoms with Crippen molar-refractivity contribution in [3.8, 4) is 0 Å². The van der Waals surface area contributed by atoms with E-state index >= 15 is 0 Å². The summed E-state index contributed by atoms with van der Waals surface area (Å²) in [4.78, 5) is 21.7. The molecule has 23 heavy (non-hydrogen) atoms. The third-order valence-electron chi connectivity index (χ3n) is 4.70. The lowest BCUT2D eigenvalue weighted by molar-refractivity contribution is -0.145. The van der Waals surface area contributed by atoms with Crippen molar-refractivity contribution in [1.29, 1.82) is 0 Å². The van der Waals surface area contributed by atoms with E-state index in [1.807, 2.05) is 6.92 Å². The summed E-state index contributed by atoms with van der Waals surface area (Å²) in [5.74, 6) is 0.0366. The van der Waals surface area contributed by atoms with Crippen LogP contribution in [0.25, 0.3) is 0 Å². The average molecular weight is 367 g/mol. The fourth-order valence-electron chi connectivity index (χ4n) is 2.52. The van der Waals surface area contributed by atoms with Gasteiger partial charge in [-0.15, -0.1) is 0 Å². The molecule has 3 atom stereocenters. The number of hydrogen-bond acceptors (Lipinski definition) is 4. The van der Waals surface area contributed by atoms with Crippen molar-refractivity contribution in [2.24, 2.45) is 5.92 Å². The summed E-state index contributed by atoms with van der Waals surface area (Å²) in [5.41, 5.74) is -0.631. The number of ether oxygens (including phenoxy) is 1. The van der Waals surface area contributed by atoms with Crippen molar-refractivity contribution < 1.29 is 23.6 Å². The van der Waals surface area contributed by atoms with Gasteiger partial charge < -0.3 is 14.2 Å². The molecule has 1 aliphatic rings. The van der Waals surface area contributed by atoms with E-state index < -0.39 is 32.3 Å². The zero-order valence-corrected chi connectivity index (χ0v) is 16.6. The van der Waals surface area contributed by atoms with Crippen LogP contribution in [0.2, 0.25) is 0 Å². The molecular formula is C15H31NO5P2. The van der Waals surface area contributed by atoms with Gasteiger partial charge in [-0.2, -0.15) is 0 Å². The van der Waals surface area contributed by atoms with Crippen LogP contribution < -0.4 is 5.09 Å². The van der Waals surface area contributed by atoms with Gasteiger partial charge in [-0.25, -0.2) is 5.09 Å². The van der Waals surface area contributed by atoms with Crippen LogP contribution in [0.15, 0.2) is 0 Å². The Morgan fingerprint density at radius 3 is 2.30 bits per heavy atom. The summed E-state index contributed by atoms with van der Waals surface area (Å²) in [6, 6.07) is -0.868. The van der Waals surface area contributed by atoms with E-state index in [-0.39, 0.29) is 12.3 Å².